The van der Waals surface area contributed by atoms with Gasteiger partial charge in [0.1, 0.15) is 13.9 Å². The summed E-state index contributed by atoms with van der Waals surface area (Å²) in [5.41, 5.74) is 13.9. The number of aryl methyl sites for hydroxylation is 7. The molecule has 0 aliphatic carbocycles. The lowest BCUT2D eigenvalue weighted by molar-refractivity contribution is -0.115. The van der Waals surface area contributed by atoms with E-state index in [0.717, 1.165) is 4.86 Å². The van der Waals surface area contributed by atoms with E-state index in [1.165, 1.54) is 119 Å². The smallest absolute Gasteiger partial charge is 0.126 e. The van der Waals surface area contributed by atoms with Crippen LogP contribution in [0.5, 0.6) is 0 Å². The van der Waals surface area contributed by atoms with Gasteiger partial charge in [-0.2, -0.15) is 11.8 Å². The van der Waals surface area contributed by atoms with E-state index in [-0.39, 0.29) is 11.2 Å². The normalized spacial score (nSPS) is 9.49. The second-order valence-corrected chi connectivity index (χ2v) is 46.3. The molecular weight excluding hydrogens is 1570 g/mol. The van der Waals surface area contributed by atoms with Crippen LogP contribution in [-0.2, 0) is 29.2 Å². The third-order valence-corrected chi connectivity index (χ3v) is 18.0. The number of ether oxygens (including phenoxy) is 4. The van der Waals surface area contributed by atoms with E-state index in [0.29, 0.717) is 31.8 Å². The molecule has 698 valence electrons. The summed E-state index contributed by atoms with van der Waals surface area (Å²) in [6.45, 7) is 68.6. The molecule has 123 heavy (non-hydrogen) atoms. The summed E-state index contributed by atoms with van der Waals surface area (Å²) in [7, 11) is 14.6. The van der Waals surface area contributed by atoms with Gasteiger partial charge in [-0.25, -0.2) is 0 Å². The Hall–Kier alpha value is -7.14. The molecule has 0 aromatic heterocycles. The Morgan fingerprint density at radius 3 is 0.789 bits per heavy atom. The molecule has 0 radical (unpaired) electrons. The number of nitrogens with zero attached hydrogens (tertiary/aromatic N) is 2. The molecule has 0 atom stereocenters. The van der Waals surface area contributed by atoms with Gasteiger partial charge in [-0.3, -0.25) is 0 Å². The molecule has 0 aliphatic rings. The second kappa shape index (κ2) is 97.1. The zero-order valence-corrected chi connectivity index (χ0v) is 90.9. The molecular formula is C112H190N2O5S2Si2. The molecule has 9 aromatic carbocycles. The lowest BCUT2D eigenvalue weighted by atomic mass is 9.78. The summed E-state index contributed by atoms with van der Waals surface area (Å²) in [4.78, 5) is 14.5. The quantitative estimate of drug-likeness (QED) is 0.0459. The molecule has 0 fully saturated rings. The Labute approximate surface area is 776 Å². The number of thioether (sulfide) groups is 1. The molecule has 0 spiro atoms. The van der Waals surface area contributed by atoms with Crippen LogP contribution >= 0.6 is 24.0 Å². The first-order valence-corrected chi connectivity index (χ1v) is 53.2. The number of unbranched alkanes of at least 4 members (excludes halogenated alkanes) is 3. The van der Waals surface area contributed by atoms with Gasteiger partial charge in [0, 0.05) is 61.7 Å². The minimum Gasteiger partial charge on any atom is -0.388 e. The number of allylic oxidation sites excluding steroid dienone is 2. The van der Waals surface area contributed by atoms with E-state index in [1.54, 1.807) is 40.2 Å². The van der Waals surface area contributed by atoms with E-state index in [2.05, 4.69) is 411 Å². The van der Waals surface area contributed by atoms with Crippen molar-refractivity contribution in [2.75, 3.05) is 108 Å². The highest BCUT2D eigenvalue weighted by molar-refractivity contribution is 7.97. The van der Waals surface area contributed by atoms with Crippen molar-refractivity contribution in [3.05, 3.63) is 317 Å². The van der Waals surface area contributed by atoms with E-state index >= 15 is 0 Å². The van der Waals surface area contributed by atoms with Crippen molar-refractivity contribution in [3.63, 3.8) is 0 Å². The monoisotopic (exact) mass is 1760 g/mol. The van der Waals surface area contributed by atoms with Crippen LogP contribution in [0.4, 0.5) is 5.69 Å². The van der Waals surface area contributed by atoms with Crippen molar-refractivity contribution in [2.24, 2.45) is 5.41 Å². The third kappa shape index (κ3) is 121. The number of rotatable bonds is 14. The first-order valence-electron chi connectivity index (χ1n) is 44.1. The molecule has 0 amide bonds. The number of thiocarbonyl (C=S) groups is 1. The van der Waals surface area contributed by atoms with Gasteiger partial charge in [0.25, 0.3) is 0 Å². The van der Waals surface area contributed by atoms with Crippen LogP contribution in [0.3, 0.4) is 0 Å². The van der Waals surface area contributed by atoms with Crippen LogP contribution < -0.4 is 15.3 Å². The number of para-hydroxylation sites is 1. The lowest BCUT2D eigenvalue weighted by Gasteiger charge is -2.25. The van der Waals surface area contributed by atoms with E-state index in [1.807, 2.05) is 129 Å². The van der Waals surface area contributed by atoms with E-state index in [9.17, 15) is 4.79 Å². The maximum absolute atomic E-state index is 9.44. The van der Waals surface area contributed by atoms with Crippen molar-refractivity contribution in [3.8, 4) is 0 Å². The maximum Gasteiger partial charge on any atom is 0.126 e. The average Bonchev–Trinajstić information content (AvgIpc) is 0.821. The van der Waals surface area contributed by atoms with Crippen LogP contribution in [0.2, 0.25) is 39.3 Å². The zero-order valence-electron chi connectivity index (χ0n) is 87.2. The molecule has 9 rings (SSSR count). The fourth-order valence-electron chi connectivity index (χ4n) is 7.86. The third-order valence-electron chi connectivity index (χ3n) is 14.4. The SMILES string of the molecule is C/C=C\C.CC(C)(C)C.CC(C)(c1ccccc1)c1ccccc1.CC(C)=O.CC(C)=S.CCC.CCCC.CCCCC.CN(C)C.CN(C)c1ccccc1.COC.COCCOCCOC.CSC.C[Si](C)(C)C.C[Si](C)(c1ccccc1)c1ccccc1.Cc1ccc(C)cc1.Cc1cccc(C)c1.Cc1ccccc1.Cc1ccccc1C. The molecule has 0 unspecified atom stereocenters. The van der Waals surface area contributed by atoms with Crippen LogP contribution in [-0.4, -0.2) is 134 Å². The van der Waals surface area contributed by atoms with Crippen molar-refractivity contribution in [2.45, 2.75) is 256 Å². The summed E-state index contributed by atoms with van der Waals surface area (Å²) in [5, 5.41) is 2.99. The Kier molecular flexibility index (Phi) is 108. The number of carbonyl (C=O) groups excluding carboxylic acids is 1. The van der Waals surface area contributed by atoms with Gasteiger partial charge in [0.2, 0.25) is 0 Å². The number of hydrogen-bond donors (Lipinski definition) is 0. The van der Waals surface area contributed by atoms with Gasteiger partial charge < -0.3 is 33.5 Å². The topological polar surface area (TPSA) is 60.5 Å². The Morgan fingerprint density at radius 1 is 0.398 bits per heavy atom. The number of anilines is 1. The first-order chi connectivity index (χ1) is 57.6. The summed E-state index contributed by atoms with van der Waals surface area (Å²) in [6, 6.07) is 88.8. The van der Waals surface area contributed by atoms with Gasteiger partial charge >= 0.3 is 0 Å². The highest BCUT2D eigenvalue weighted by Crippen LogP contribution is 2.30. The zero-order chi connectivity index (χ0) is 97.0. The largest absolute Gasteiger partial charge is 0.388 e. The summed E-state index contributed by atoms with van der Waals surface area (Å²) in [5.74, 6) is 0.167. The molecule has 0 saturated carbocycles. The van der Waals surface area contributed by atoms with Crippen LogP contribution in [0.1, 0.15) is 213 Å². The Balaban J connectivity index is -0.000000140. The van der Waals surface area contributed by atoms with Crippen molar-refractivity contribution >= 4 is 66.8 Å². The van der Waals surface area contributed by atoms with Crippen LogP contribution in [0.25, 0.3) is 0 Å². The minimum atomic E-state index is -1.46. The van der Waals surface area contributed by atoms with Crippen LogP contribution in [0.15, 0.2) is 267 Å². The van der Waals surface area contributed by atoms with Gasteiger partial charge in [-0.1, -0.05) is 466 Å². The van der Waals surface area contributed by atoms with Gasteiger partial charge in [-0.05, 0) is 168 Å². The van der Waals surface area contributed by atoms with Crippen molar-refractivity contribution in [1.29, 1.82) is 0 Å². The summed E-state index contributed by atoms with van der Waals surface area (Å²) >= 11 is 6.29. The van der Waals surface area contributed by atoms with Gasteiger partial charge in [0.15, 0.2) is 0 Å². The molecule has 0 aliphatic heterocycles. The van der Waals surface area contributed by atoms with E-state index < -0.39 is 16.1 Å². The first kappa shape index (κ1) is 136. The Morgan fingerprint density at radius 2 is 0.618 bits per heavy atom. The average molecular weight is 1770 g/mol. The molecule has 7 nitrogen and oxygen atoms in total. The van der Waals surface area contributed by atoms with Crippen LogP contribution in [0, 0.1) is 53.9 Å². The number of benzene rings is 9. The highest BCUT2D eigenvalue weighted by Gasteiger charge is 2.25. The predicted molar refractivity (Wildman–Crippen MR) is 578 cm³/mol. The number of ketones is 1. The van der Waals surface area contributed by atoms with Crippen molar-refractivity contribution < 1.29 is 23.7 Å². The number of methoxy groups -OCH3 is 3. The fourth-order valence-corrected chi connectivity index (χ4v) is 10.2. The second-order valence-electron chi connectivity index (χ2n) is 34.3. The maximum atomic E-state index is 9.44. The van der Waals surface area contributed by atoms with Gasteiger partial charge in [-0.15, -0.1) is 0 Å². The number of carbonyl (C=O) groups is 1. The van der Waals surface area contributed by atoms with Crippen molar-refractivity contribution in [1.82, 2.24) is 4.90 Å². The Bertz CT molecular complexity index is 3290. The highest BCUT2D eigenvalue weighted by atomic mass is 32.2. The minimum absolute atomic E-state index is 0.0858. The molecule has 9 aromatic rings. The summed E-state index contributed by atoms with van der Waals surface area (Å²) < 4.78 is 18.8. The number of hydrogen-bond acceptors (Lipinski definition) is 9. The molecule has 0 N–H and O–H groups in total. The standard InChI is InChI=1S/C15H16.C14H16Si.C8H11N.3C8H10.C7H8.C6H14O3.2C5H12.C4H12Si.C4H10.C4H8.C3H9N.C3H6O.C3H6S.C3H8.C2H6O.C2H6S/c2*1-15(2,13-9-5-3-6-10-13)14-11-7-4-8-12-14;1-9(2)8-6-4-3-5-7-8;1-7-3-5-8(2)6-4-7;1-7-4-3-5-8(2)6-7;1-7-5-3-4-6-8(7)2;1-7-5-3-2-4-6-7;1-7-3-5-9-6-4-8-2;1-5(2,3)4;1-3-5-4-2;1-5(2,3)4;2*1-3-4-2;1-4(2)3;2*1-3(2)4;3*1-3-2/h2*3-12H,1-2H3;3-7H,1-2H3;3*3-6H,1-2H3;2-6H,1H3;3-6H2,1-2H3;1-4H3;3-5H2,1-2H3;1-4H3;3-4H2,1-2H3;3-4H,1-2H3;1-3H3;2*1-2H3;3H2,1-2H3;2*1-2H3/b;;;;;;;;;;;;4-3-;;;;;;. The van der Waals surface area contributed by atoms with Gasteiger partial charge in [0.05, 0.1) is 26.4 Å². The number of Topliss-reactive ketones (excluding diaryl/α,β-unsaturated/α-hetero) is 1. The van der Waals surface area contributed by atoms with E-state index in [4.69, 9.17) is 14.2 Å². The molecule has 0 heterocycles. The summed E-state index contributed by atoms with van der Waals surface area (Å²) in [6.07, 6.45) is 16.0. The fraction of sp³-hybridized carbons (Fsp3) is 0.482. The molecule has 0 saturated heterocycles. The molecule has 11 heteroatoms. The predicted octanol–water partition coefficient (Wildman–Crippen LogP) is 31.9. The lowest BCUT2D eigenvalue weighted by Crippen LogP contribution is -2.52. The molecule has 0 bridgehead atoms.